The van der Waals surface area contributed by atoms with Gasteiger partial charge in [0.2, 0.25) is 0 Å². The molecule has 1 nitrogen and oxygen atoms in total. The molecule has 168 valence electrons. The highest BCUT2D eigenvalue weighted by Crippen LogP contribution is 2.51. The van der Waals surface area contributed by atoms with Crippen molar-refractivity contribution in [2.24, 2.45) is 29.6 Å². The molecule has 1 aromatic rings. The molecule has 0 spiro atoms. The van der Waals surface area contributed by atoms with Gasteiger partial charge in [0.05, 0.1) is 6.61 Å². The van der Waals surface area contributed by atoms with Crippen molar-refractivity contribution in [3.8, 4) is 5.75 Å². The molecular formula is C29H46O. The predicted octanol–water partition coefficient (Wildman–Crippen LogP) is 8.77. The summed E-state index contributed by atoms with van der Waals surface area (Å²) < 4.78 is 5.63. The molecule has 0 amide bonds. The molecule has 0 saturated heterocycles. The molecule has 0 aliphatic heterocycles. The van der Waals surface area contributed by atoms with Crippen molar-refractivity contribution < 1.29 is 4.74 Å². The first-order valence-corrected chi connectivity index (χ1v) is 13.5. The van der Waals surface area contributed by atoms with E-state index in [0.29, 0.717) is 0 Å². The van der Waals surface area contributed by atoms with Crippen LogP contribution in [0.15, 0.2) is 24.3 Å². The third-order valence-corrected chi connectivity index (χ3v) is 9.09. The van der Waals surface area contributed by atoms with E-state index < -0.39 is 0 Å². The molecule has 3 fully saturated rings. The molecular weight excluding hydrogens is 364 g/mol. The molecule has 1 heteroatoms. The summed E-state index contributed by atoms with van der Waals surface area (Å²) in [6.07, 6.45) is 20.9. The summed E-state index contributed by atoms with van der Waals surface area (Å²) >= 11 is 0. The number of hydrogen-bond donors (Lipinski definition) is 0. The van der Waals surface area contributed by atoms with Crippen LogP contribution in [-0.2, 0) is 0 Å². The quantitative estimate of drug-likeness (QED) is 0.389. The molecule has 4 atom stereocenters. The van der Waals surface area contributed by atoms with Gasteiger partial charge in [-0.2, -0.15) is 0 Å². The Kier molecular flexibility index (Phi) is 8.19. The predicted molar refractivity (Wildman–Crippen MR) is 128 cm³/mol. The zero-order valence-electron chi connectivity index (χ0n) is 19.8. The van der Waals surface area contributed by atoms with Crippen molar-refractivity contribution in [3.05, 3.63) is 29.8 Å². The fraction of sp³-hybridized carbons (Fsp3) is 0.793. The molecule has 0 aromatic heterocycles. The van der Waals surface area contributed by atoms with Gasteiger partial charge in [-0.25, -0.2) is 0 Å². The molecule has 4 unspecified atom stereocenters. The highest BCUT2D eigenvalue weighted by atomic mass is 16.5. The summed E-state index contributed by atoms with van der Waals surface area (Å²) in [5.74, 6) is 7.03. The molecule has 0 N–H and O–H groups in total. The van der Waals surface area contributed by atoms with Crippen molar-refractivity contribution >= 4 is 0 Å². The van der Waals surface area contributed by atoms with Crippen LogP contribution in [0.1, 0.15) is 115 Å². The molecule has 30 heavy (non-hydrogen) atoms. The second-order valence-corrected chi connectivity index (χ2v) is 10.9. The first kappa shape index (κ1) is 22.2. The van der Waals surface area contributed by atoms with Gasteiger partial charge in [0.1, 0.15) is 5.75 Å². The van der Waals surface area contributed by atoms with Crippen molar-refractivity contribution in [2.45, 2.75) is 110 Å². The van der Waals surface area contributed by atoms with E-state index in [2.05, 4.69) is 38.1 Å². The van der Waals surface area contributed by atoms with Crippen LogP contribution in [0.5, 0.6) is 5.75 Å². The first-order chi connectivity index (χ1) is 14.8. The lowest BCUT2D eigenvalue weighted by molar-refractivity contribution is 0.0710. The molecule has 1 aromatic carbocycles. The van der Waals surface area contributed by atoms with Gasteiger partial charge in [0.15, 0.2) is 0 Å². The molecule has 3 aliphatic rings. The van der Waals surface area contributed by atoms with Crippen molar-refractivity contribution in [1.29, 1.82) is 0 Å². The normalized spacial score (nSPS) is 34.3. The minimum Gasteiger partial charge on any atom is -0.494 e. The fourth-order valence-corrected chi connectivity index (χ4v) is 7.29. The van der Waals surface area contributed by atoms with Crippen LogP contribution in [0.25, 0.3) is 0 Å². The lowest BCUT2D eigenvalue weighted by Gasteiger charge is -2.45. The van der Waals surface area contributed by atoms with E-state index in [9.17, 15) is 0 Å². The Balaban J connectivity index is 1.23. The summed E-state index contributed by atoms with van der Waals surface area (Å²) in [5, 5.41) is 0. The number of ether oxygens (including phenoxy) is 1. The van der Waals surface area contributed by atoms with Gasteiger partial charge < -0.3 is 4.74 Å². The minimum absolute atomic E-state index is 0.758. The summed E-state index contributed by atoms with van der Waals surface area (Å²) in [6.45, 7) is 5.15. The van der Waals surface area contributed by atoms with Crippen molar-refractivity contribution in [1.82, 2.24) is 0 Å². The van der Waals surface area contributed by atoms with E-state index >= 15 is 0 Å². The van der Waals surface area contributed by atoms with E-state index in [0.717, 1.165) is 47.9 Å². The summed E-state index contributed by atoms with van der Waals surface area (Å²) in [4.78, 5) is 0. The van der Waals surface area contributed by atoms with Gasteiger partial charge in [0.25, 0.3) is 0 Å². The van der Waals surface area contributed by atoms with Gasteiger partial charge >= 0.3 is 0 Å². The first-order valence-electron chi connectivity index (χ1n) is 13.5. The Morgan fingerprint density at radius 2 is 1.33 bits per heavy atom. The highest BCUT2D eigenvalue weighted by molar-refractivity contribution is 5.29. The Labute approximate surface area is 186 Å². The Morgan fingerprint density at radius 1 is 0.700 bits per heavy atom. The van der Waals surface area contributed by atoms with E-state index in [-0.39, 0.29) is 0 Å². The zero-order valence-corrected chi connectivity index (χ0v) is 19.8. The van der Waals surface area contributed by atoms with Gasteiger partial charge in [-0.15, -0.1) is 0 Å². The molecule has 0 bridgehead atoms. The van der Waals surface area contributed by atoms with Gasteiger partial charge in [-0.1, -0.05) is 57.6 Å². The number of rotatable bonds is 8. The van der Waals surface area contributed by atoms with Gasteiger partial charge in [-0.05, 0) is 111 Å². The van der Waals surface area contributed by atoms with Crippen LogP contribution in [0.3, 0.4) is 0 Å². The largest absolute Gasteiger partial charge is 0.494 e. The zero-order chi connectivity index (χ0) is 20.8. The third-order valence-electron chi connectivity index (χ3n) is 9.09. The summed E-state index contributed by atoms with van der Waals surface area (Å²) in [7, 11) is 0. The SMILES string of the molecule is CCCCCC1CCC(C2CCC3CC(c4ccc(OCC)cc4)CCC3C2)CC1. The molecule has 3 aliphatic carbocycles. The maximum Gasteiger partial charge on any atom is 0.119 e. The summed E-state index contributed by atoms with van der Waals surface area (Å²) in [5.41, 5.74) is 1.56. The smallest absolute Gasteiger partial charge is 0.119 e. The molecule has 0 radical (unpaired) electrons. The van der Waals surface area contributed by atoms with Gasteiger partial charge in [0, 0.05) is 0 Å². The number of benzene rings is 1. The Bertz CT molecular complexity index is 612. The van der Waals surface area contributed by atoms with Crippen LogP contribution >= 0.6 is 0 Å². The monoisotopic (exact) mass is 410 g/mol. The Hall–Kier alpha value is -0.980. The van der Waals surface area contributed by atoms with E-state index in [1.54, 1.807) is 37.7 Å². The van der Waals surface area contributed by atoms with Crippen LogP contribution < -0.4 is 4.74 Å². The van der Waals surface area contributed by atoms with Crippen molar-refractivity contribution in [2.75, 3.05) is 6.61 Å². The maximum atomic E-state index is 5.63. The average molecular weight is 411 g/mol. The second kappa shape index (κ2) is 11.1. The number of hydrogen-bond acceptors (Lipinski definition) is 1. The average Bonchev–Trinajstić information content (AvgIpc) is 2.80. The van der Waals surface area contributed by atoms with Crippen LogP contribution in [0.2, 0.25) is 0 Å². The summed E-state index contributed by atoms with van der Waals surface area (Å²) in [6, 6.07) is 9.03. The topological polar surface area (TPSA) is 9.23 Å². The highest BCUT2D eigenvalue weighted by Gasteiger charge is 2.39. The van der Waals surface area contributed by atoms with E-state index in [1.807, 2.05) is 0 Å². The molecule has 4 rings (SSSR count). The number of fused-ring (bicyclic) bond motifs is 1. The fourth-order valence-electron chi connectivity index (χ4n) is 7.29. The minimum atomic E-state index is 0.758. The van der Waals surface area contributed by atoms with Crippen molar-refractivity contribution in [3.63, 3.8) is 0 Å². The second-order valence-electron chi connectivity index (χ2n) is 10.9. The van der Waals surface area contributed by atoms with Gasteiger partial charge in [-0.3, -0.25) is 0 Å². The molecule has 0 heterocycles. The Morgan fingerprint density at radius 3 is 2.03 bits per heavy atom. The maximum absolute atomic E-state index is 5.63. The lowest BCUT2D eigenvalue weighted by Crippen LogP contribution is -2.34. The van der Waals surface area contributed by atoms with E-state index in [1.165, 1.54) is 57.8 Å². The van der Waals surface area contributed by atoms with Crippen LogP contribution in [0.4, 0.5) is 0 Å². The number of unbranched alkanes of at least 4 members (excludes halogenated alkanes) is 2. The molecule has 3 saturated carbocycles. The van der Waals surface area contributed by atoms with Crippen LogP contribution in [-0.4, -0.2) is 6.61 Å². The lowest BCUT2D eigenvalue weighted by atomic mass is 9.60. The standard InChI is InChI=1S/C29H46O/c1-3-5-6-7-22-8-10-23(11-9-22)25-12-14-28-21-26(13-15-27(28)20-25)24-16-18-29(19-17-24)30-4-2/h16-19,22-23,25-28H,3-15,20-21H2,1-2H3. The third kappa shape index (κ3) is 5.63. The van der Waals surface area contributed by atoms with E-state index in [4.69, 9.17) is 4.74 Å². The van der Waals surface area contributed by atoms with Crippen LogP contribution in [0, 0.1) is 29.6 Å².